The number of carbonyl (C=O) groups is 1. The molecule has 1 saturated carbocycles. The molecule has 2 N–H and O–H groups in total. The van der Waals surface area contributed by atoms with Gasteiger partial charge in [-0.15, -0.1) is 0 Å². The van der Waals surface area contributed by atoms with E-state index in [1.54, 1.807) is 0 Å². The van der Waals surface area contributed by atoms with Gasteiger partial charge < -0.3 is 5.73 Å². The van der Waals surface area contributed by atoms with Crippen LogP contribution in [-0.4, -0.2) is 10.5 Å². The molecule has 4 heteroatoms. The molecule has 1 fully saturated rings. The second-order valence-electron chi connectivity index (χ2n) is 9.94. The molecule has 1 amide bonds. The van der Waals surface area contributed by atoms with E-state index in [0.717, 1.165) is 36.9 Å². The third kappa shape index (κ3) is 4.18. The zero-order valence-corrected chi connectivity index (χ0v) is 20.6. The molecule has 0 unspecified atom stereocenters. The van der Waals surface area contributed by atoms with Crippen molar-refractivity contribution in [3.05, 3.63) is 125 Å². The SMILES string of the molecule is Cc1cccc(C[n+]2ccn([C@@H]3CC[C@H](C(C(N)=O)(c4ccccc4)c4ccccc4)C3)c2C)c1. The topological polar surface area (TPSA) is 51.9 Å². The quantitative estimate of drug-likeness (QED) is 0.373. The second kappa shape index (κ2) is 9.53. The number of benzene rings is 3. The average molecular weight is 465 g/mol. The highest BCUT2D eigenvalue weighted by Gasteiger charge is 2.51. The molecule has 0 saturated heterocycles. The van der Waals surface area contributed by atoms with Gasteiger partial charge in [-0.2, -0.15) is 0 Å². The Bertz CT molecular complexity index is 1270. The summed E-state index contributed by atoms with van der Waals surface area (Å²) in [7, 11) is 0. The molecule has 1 heterocycles. The molecular formula is C31H34N3O+. The number of hydrogen-bond acceptors (Lipinski definition) is 1. The van der Waals surface area contributed by atoms with Crippen LogP contribution in [0.15, 0.2) is 97.3 Å². The average Bonchev–Trinajstić information content (AvgIpc) is 3.48. The van der Waals surface area contributed by atoms with Gasteiger partial charge in [0.05, 0.1) is 0 Å². The Morgan fingerprint density at radius 2 is 1.60 bits per heavy atom. The normalized spacial score (nSPS) is 18.0. The molecule has 1 aromatic heterocycles. The number of carbonyl (C=O) groups excluding carboxylic acids is 1. The van der Waals surface area contributed by atoms with E-state index in [2.05, 4.69) is 83.9 Å². The number of aryl methyl sites for hydroxylation is 1. The Morgan fingerprint density at radius 3 is 2.20 bits per heavy atom. The van der Waals surface area contributed by atoms with Gasteiger partial charge >= 0.3 is 0 Å². The minimum atomic E-state index is -0.837. The molecule has 35 heavy (non-hydrogen) atoms. The number of rotatable bonds is 7. The fourth-order valence-corrected chi connectivity index (χ4v) is 6.21. The fourth-order valence-electron chi connectivity index (χ4n) is 6.21. The summed E-state index contributed by atoms with van der Waals surface area (Å²) < 4.78 is 4.72. The van der Waals surface area contributed by atoms with Gasteiger partial charge in [0, 0.05) is 6.92 Å². The number of imidazole rings is 1. The summed E-state index contributed by atoms with van der Waals surface area (Å²) >= 11 is 0. The van der Waals surface area contributed by atoms with E-state index in [0.29, 0.717) is 6.04 Å². The molecule has 5 rings (SSSR count). The maximum atomic E-state index is 13.4. The number of nitrogens with zero attached hydrogens (tertiary/aromatic N) is 2. The number of nitrogens with two attached hydrogens (primary N) is 1. The van der Waals surface area contributed by atoms with E-state index < -0.39 is 5.41 Å². The maximum absolute atomic E-state index is 13.4. The predicted molar refractivity (Wildman–Crippen MR) is 139 cm³/mol. The van der Waals surface area contributed by atoms with Gasteiger partial charge in [-0.1, -0.05) is 90.5 Å². The number of aromatic nitrogens is 2. The van der Waals surface area contributed by atoms with Crippen LogP contribution >= 0.6 is 0 Å². The Kier molecular flexibility index (Phi) is 6.29. The van der Waals surface area contributed by atoms with Gasteiger partial charge in [0.25, 0.3) is 5.82 Å². The van der Waals surface area contributed by atoms with Crippen LogP contribution < -0.4 is 10.3 Å². The molecule has 178 valence electrons. The molecule has 3 aromatic carbocycles. The van der Waals surface area contributed by atoms with Crippen LogP contribution in [0.4, 0.5) is 0 Å². The zero-order chi connectivity index (χ0) is 24.4. The standard InChI is InChI=1S/C31H33N3O/c1-23-10-9-11-25(20-23)22-33-18-19-34(24(33)2)29-17-16-28(21-29)31(30(32)35,26-12-5-3-6-13-26)27-14-7-4-8-15-27/h3-15,18-20,28-29H,16-17,21-22H2,1-2H3,(H-,32,35)/p+1/t28-,29+/m0/s1. The molecule has 4 aromatic rings. The minimum absolute atomic E-state index is 0.127. The van der Waals surface area contributed by atoms with Gasteiger partial charge in [0.15, 0.2) is 0 Å². The second-order valence-corrected chi connectivity index (χ2v) is 9.94. The maximum Gasteiger partial charge on any atom is 0.253 e. The van der Waals surface area contributed by atoms with Crippen LogP contribution in [0.1, 0.15) is 53.4 Å². The van der Waals surface area contributed by atoms with E-state index in [4.69, 9.17) is 5.73 Å². The first-order valence-electron chi connectivity index (χ1n) is 12.5. The molecule has 0 spiro atoms. The van der Waals surface area contributed by atoms with E-state index >= 15 is 0 Å². The van der Waals surface area contributed by atoms with Crippen LogP contribution in [0.3, 0.4) is 0 Å². The van der Waals surface area contributed by atoms with E-state index in [-0.39, 0.29) is 11.8 Å². The fraction of sp³-hybridized carbons (Fsp3) is 0.290. The summed E-state index contributed by atoms with van der Waals surface area (Å²) in [6, 6.07) is 29.3. The Morgan fingerprint density at radius 1 is 0.943 bits per heavy atom. The summed E-state index contributed by atoms with van der Waals surface area (Å²) in [4.78, 5) is 13.4. The molecule has 0 aliphatic heterocycles. The van der Waals surface area contributed by atoms with Crippen LogP contribution in [0.5, 0.6) is 0 Å². The largest absolute Gasteiger partial charge is 0.369 e. The van der Waals surface area contributed by atoms with Crippen molar-refractivity contribution < 1.29 is 9.36 Å². The molecule has 4 nitrogen and oxygen atoms in total. The van der Waals surface area contributed by atoms with E-state index in [1.807, 2.05) is 36.4 Å². The first kappa shape index (κ1) is 23.1. The van der Waals surface area contributed by atoms with Gasteiger partial charge in [0.1, 0.15) is 30.4 Å². The van der Waals surface area contributed by atoms with Crippen molar-refractivity contribution in [1.82, 2.24) is 4.57 Å². The van der Waals surface area contributed by atoms with Gasteiger partial charge in [0.2, 0.25) is 5.91 Å². The highest BCUT2D eigenvalue weighted by molar-refractivity contribution is 5.91. The molecule has 0 radical (unpaired) electrons. The lowest BCUT2D eigenvalue weighted by molar-refractivity contribution is -0.694. The third-order valence-electron chi connectivity index (χ3n) is 7.89. The summed E-state index contributed by atoms with van der Waals surface area (Å²) in [6.07, 6.45) is 7.27. The van der Waals surface area contributed by atoms with Crippen LogP contribution in [0, 0.1) is 19.8 Å². The van der Waals surface area contributed by atoms with E-state index in [9.17, 15) is 4.79 Å². The van der Waals surface area contributed by atoms with E-state index in [1.165, 1.54) is 17.0 Å². The van der Waals surface area contributed by atoms with Crippen molar-refractivity contribution in [2.45, 2.75) is 51.1 Å². The van der Waals surface area contributed by atoms with Crippen LogP contribution in [0.2, 0.25) is 0 Å². The van der Waals surface area contributed by atoms with Crippen molar-refractivity contribution in [2.75, 3.05) is 0 Å². The Labute approximate surface area is 208 Å². The number of hydrogen-bond donors (Lipinski definition) is 1. The molecule has 2 atom stereocenters. The molecular weight excluding hydrogens is 430 g/mol. The van der Waals surface area contributed by atoms with Gasteiger partial charge in [-0.3, -0.25) is 4.79 Å². The summed E-state index contributed by atoms with van der Waals surface area (Å²) in [5.41, 5.74) is 10.0. The third-order valence-corrected chi connectivity index (χ3v) is 7.89. The summed E-state index contributed by atoms with van der Waals surface area (Å²) in [5, 5.41) is 0. The molecule has 1 aliphatic carbocycles. The first-order chi connectivity index (χ1) is 17.0. The lowest BCUT2D eigenvalue weighted by atomic mass is 9.64. The Hall–Kier alpha value is -3.66. The predicted octanol–water partition coefficient (Wildman–Crippen LogP) is 5.25. The van der Waals surface area contributed by atoms with Gasteiger partial charge in [-0.25, -0.2) is 9.13 Å². The van der Waals surface area contributed by atoms with Crippen molar-refractivity contribution >= 4 is 5.91 Å². The Balaban J connectivity index is 1.47. The summed E-state index contributed by atoms with van der Waals surface area (Å²) in [6.45, 7) is 5.18. The summed E-state index contributed by atoms with van der Waals surface area (Å²) in [5.74, 6) is 1.10. The van der Waals surface area contributed by atoms with Crippen LogP contribution in [-0.2, 0) is 16.8 Å². The molecule has 0 bridgehead atoms. The first-order valence-corrected chi connectivity index (χ1v) is 12.5. The van der Waals surface area contributed by atoms with Gasteiger partial charge in [-0.05, 0) is 48.8 Å². The van der Waals surface area contributed by atoms with Crippen molar-refractivity contribution in [1.29, 1.82) is 0 Å². The lowest BCUT2D eigenvalue weighted by Gasteiger charge is -2.37. The highest BCUT2D eigenvalue weighted by atomic mass is 16.1. The van der Waals surface area contributed by atoms with Crippen molar-refractivity contribution in [2.24, 2.45) is 11.7 Å². The van der Waals surface area contributed by atoms with Crippen molar-refractivity contribution in [3.8, 4) is 0 Å². The smallest absolute Gasteiger partial charge is 0.253 e. The van der Waals surface area contributed by atoms with Crippen LogP contribution in [0.25, 0.3) is 0 Å². The lowest BCUT2D eigenvalue weighted by Crippen LogP contribution is -2.47. The zero-order valence-electron chi connectivity index (χ0n) is 20.6. The number of amides is 1. The highest BCUT2D eigenvalue weighted by Crippen LogP contribution is 2.49. The monoisotopic (exact) mass is 464 g/mol. The minimum Gasteiger partial charge on any atom is -0.369 e. The molecule has 1 aliphatic rings. The number of primary amides is 1. The van der Waals surface area contributed by atoms with Crippen molar-refractivity contribution in [3.63, 3.8) is 0 Å².